The smallest absolute Gasteiger partial charge is 0.211 e. The highest BCUT2D eigenvalue weighted by Gasteiger charge is 2.54. The molecule has 0 amide bonds. The van der Waals surface area contributed by atoms with Gasteiger partial charge in [0.2, 0.25) is 7.29 Å². The lowest BCUT2D eigenvalue weighted by Gasteiger charge is -2.50. The average molecular weight is 609 g/mol. The van der Waals surface area contributed by atoms with Gasteiger partial charge in [0.15, 0.2) is 0 Å². The molecule has 218 valence electrons. The van der Waals surface area contributed by atoms with E-state index in [0.29, 0.717) is 13.1 Å². The summed E-state index contributed by atoms with van der Waals surface area (Å²) in [6, 6.07) is 12.7. The second-order valence-corrected chi connectivity index (χ2v) is 21.4. The molecule has 3 aromatic carbocycles. The van der Waals surface area contributed by atoms with Crippen LogP contribution >= 0.6 is 21.6 Å². The van der Waals surface area contributed by atoms with E-state index in [-0.39, 0.29) is 17.8 Å². The van der Waals surface area contributed by atoms with Crippen LogP contribution in [0, 0.1) is 0 Å². The van der Waals surface area contributed by atoms with Crippen LogP contribution < -0.4 is 36.7 Å². The van der Waals surface area contributed by atoms with Crippen LogP contribution in [0.15, 0.2) is 36.4 Å². The predicted molar refractivity (Wildman–Crippen MR) is 179 cm³/mol. The highest BCUT2D eigenvalue weighted by Crippen LogP contribution is 2.65. The minimum atomic E-state index is -3.38. The number of nitrogens with zero attached hydrogens (tertiary/aromatic N) is 2. The van der Waals surface area contributed by atoms with Crippen molar-refractivity contribution in [3.8, 4) is 0 Å². The SMILES string of the molecule is CCN(CC)P1(=O)c2cc(C(C)C)cc3c2N2c4c(cc(C(C)C)cc4P(C)(=O)c4cc(C(C)C)cc1c42)P3(C)=O. The Kier molecular flexibility index (Phi) is 6.62. The summed E-state index contributed by atoms with van der Waals surface area (Å²) >= 11 is 0. The number of hydrogen-bond acceptors (Lipinski definition) is 4. The minimum Gasteiger partial charge on any atom is -0.314 e. The van der Waals surface area contributed by atoms with Gasteiger partial charge in [-0.2, -0.15) is 0 Å². The van der Waals surface area contributed by atoms with Gasteiger partial charge in [-0.15, -0.1) is 0 Å². The summed E-state index contributed by atoms with van der Waals surface area (Å²) < 4.78 is 48.5. The van der Waals surface area contributed by atoms with E-state index < -0.39 is 21.6 Å². The third-order valence-electron chi connectivity index (χ3n) is 9.57. The van der Waals surface area contributed by atoms with Crippen LogP contribution in [0.2, 0.25) is 0 Å². The quantitative estimate of drug-likeness (QED) is 0.284. The van der Waals surface area contributed by atoms with Crippen molar-refractivity contribution in [1.82, 2.24) is 4.67 Å². The van der Waals surface area contributed by atoms with Crippen molar-refractivity contribution < 1.29 is 13.7 Å². The molecule has 2 unspecified atom stereocenters. The summed E-state index contributed by atoms with van der Waals surface area (Å²) in [4.78, 5) is 2.22. The summed E-state index contributed by atoms with van der Waals surface area (Å²) in [6.45, 7) is 21.9. The number of rotatable bonds is 6. The normalized spacial score (nSPS) is 25.5. The third-order valence-corrected chi connectivity index (χ3v) is 18.0. The topological polar surface area (TPSA) is 57.7 Å². The molecule has 0 radical (unpaired) electrons. The lowest BCUT2D eigenvalue weighted by Crippen LogP contribution is -2.52. The van der Waals surface area contributed by atoms with Crippen LogP contribution in [-0.4, -0.2) is 31.1 Å². The Morgan fingerprint density at radius 1 is 0.561 bits per heavy atom. The zero-order chi connectivity index (χ0) is 30.0. The van der Waals surface area contributed by atoms with E-state index in [2.05, 4.69) is 101 Å². The fourth-order valence-corrected chi connectivity index (χ4v) is 15.2. The molecule has 3 aromatic rings. The molecule has 0 saturated heterocycles. The molecule has 0 aliphatic carbocycles. The van der Waals surface area contributed by atoms with Gasteiger partial charge in [-0.3, -0.25) is 4.57 Å². The molecule has 0 N–H and O–H groups in total. The molecule has 3 aliphatic heterocycles. The second-order valence-electron chi connectivity index (χ2n) is 13.1. The number of benzene rings is 3. The molecule has 3 aliphatic rings. The zero-order valence-corrected chi connectivity index (χ0v) is 28.8. The van der Waals surface area contributed by atoms with E-state index in [1.807, 2.05) is 13.3 Å². The van der Waals surface area contributed by atoms with Gasteiger partial charge in [0.1, 0.15) is 14.3 Å². The van der Waals surface area contributed by atoms with Crippen molar-refractivity contribution in [2.45, 2.75) is 73.1 Å². The minimum absolute atomic E-state index is 0.178. The lowest BCUT2D eigenvalue weighted by molar-refractivity contribution is 0.458. The molecular formula is C33H43N2O3P3. The summed E-state index contributed by atoms with van der Waals surface area (Å²) in [6.07, 6.45) is 0. The Balaban J connectivity index is 1.91. The first-order chi connectivity index (χ1) is 19.1. The van der Waals surface area contributed by atoms with Gasteiger partial charge < -0.3 is 14.0 Å². The van der Waals surface area contributed by atoms with Crippen molar-refractivity contribution in [3.63, 3.8) is 0 Å². The zero-order valence-electron chi connectivity index (χ0n) is 26.1. The lowest BCUT2D eigenvalue weighted by atomic mass is 9.99. The second kappa shape index (κ2) is 9.30. The maximum atomic E-state index is 16.0. The van der Waals surface area contributed by atoms with Gasteiger partial charge in [0.05, 0.1) is 27.7 Å². The van der Waals surface area contributed by atoms with Gasteiger partial charge in [0.25, 0.3) is 0 Å². The number of anilines is 3. The van der Waals surface area contributed by atoms with Crippen molar-refractivity contribution >= 4 is 70.5 Å². The standard InChI is InChI=1S/C33H43N2O3P3/c1-11-34(12-2)41(38)29-17-23(20(5)6)15-27-32(29)35-31-25(39(27,9)36)13-22(19(3)4)14-26(31)40(10,37)28-16-24(21(7)8)18-30(41)33(28)35/h13-21H,11-12H2,1-10H3. The van der Waals surface area contributed by atoms with Crippen LogP contribution in [0.25, 0.3) is 0 Å². The fraction of sp³-hybridized carbons (Fsp3) is 0.455. The van der Waals surface area contributed by atoms with E-state index in [1.54, 1.807) is 0 Å². The Morgan fingerprint density at radius 2 is 0.829 bits per heavy atom. The molecule has 5 nitrogen and oxygen atoms in total. The molecule has 0 bridgehead atoms. The van der Waals surface area contributed by atoms with E-state index in [9.17, 15) is 0 Å². The Labute approximate surface area is 245 Å². The third kappa shape index (κ3) is 3.69. The van der Waals surface area contributed by atoms with E-state index in [4.69, 9.17) is 0 Å². The van der Waals surface area contributed by atoms with Crippen LogP contribution in [0.5, 0.6) is 0 Å². The van der Waals surface area contributed by atoms with Gasteiger partial charge in [-0.05, 0) is 84.2 Å². The summed E-state index contributed by atoms with van der Waals surface area (Å²) in [5, 5.41) is 4.68. The van der Waals surface area contributed by atoms with Crippen LogP contribution in [-0.2, 0) is 13.7 Å². The maximum Gasteiger partial charge on any atom is 0.211 e. The van der Waals surface area contributed by atoms with Crippen molar-refractivity contribution in [3.05, 3.63) is 53.1 Å². The van der Waals surface area contributed by atoms with Crippen molar-refractivity contribution in [2.24, 2.45) is 0 Å². The summed E-state index contributed by atoms with van der Waals surface area (Å²) in [5.41, 5.74) is 5.56. The first-order valence-corrected chi connectivity index (χ1v) is 21.0. The highest BCUT2D eigenvalue weighted by atomic mass is 31.2. The predicted octanol–water partition coefficient (Wildman–Crippen LogP) is 6.92. The molecule has 41 heavy (non-hydrogen) atoms. The first-order valence-electron chi connectivity index (χ1n) is 15.0. The Morgan fingerprint density at radius 3 is 1.10 bits per heavy atom. The highest BCUT2D eigenvalue weighted by molar-refractivity contribution is 7.82. The van der Waals surface area contributed by atoms with Gasteiger partial charge in [0, 0.05) is 34.3 Å². The van der Waals surface area contributed by atoms with E-state index in [0.717, 1.165) is 65.6 Å². The Bertz CT molecular complexity index is 1670. The number of hydrogen-bond donors (Lipinski definition) is 0. The molecule has 6 rings (SSSR count). The largest absolute Gasteiger partial charge is 0.314 e. The monoisotopic (exact) mass is 608 g/mol. The molecule has 0 fully saturated rings. The van der Waals surface area contributed by atoms with Crippen LogP contribution in [0.4, 0.5) is 17.1 Å². The Hall–Kier alpha value is -1.89. The first kappa shape index (κ1) is 29.2. The molecule has 0 saturated carbocycles. The molecule has 3 heterocycles. The van der Waals surface area contributed by atoms with Crippen molar-refractivity contribution in [2.75, 3.05) is 31.3 Å². The molecule has 0 aromatic heterocycles. The fourth-order valence-electron chi connectivity index (χ4n) is 6.98. The van der Waals surface area contributed by atoms with Crippen LogP contribution in [0.3, 0.4) is 0 Å². The maximum absolute atomic E-state index is 16.0. The molecule has 0 spiro atoms. The van der Waals surface area contributed by atoms with Gasteiger partial charge in [-0.1, -0.05) is 55.4 Å². The summed E-state index contributed by atoms with van der Waals surface area (Å²) in [5.74, 6) is 0.548. The van der Waals surface area contributed by atoms with Crippen LogP contribution in [0.1, 0.15) is 89.8 Å². The van der Waals surface area contributed by atoms with Crippen molar-refractivity contribution in [1.29, 1.82) is 0 Å². The molecule has 8 heteroatoms. The van der Waals surface area contributed by atoms with Gasteiger partial charge in [-0.25, -0.2) is 4.67 Å². The van der Waals surface area contributed by atoms with E-state index in [1.165, 1.54) is 0 Å². The van der Waals surface area contributed by atoms with Gasteiger partial charge >= 0.3 is 0 Å². The molecule has 2 atom stereocenters. The average Bonchev–Trinajstić information content (AvgIpc) is 2.91. The van der Waals surface area contributed by atoms with E-state index >= 15 is 13.7 Å². The molecular weight excluding hydrogens is 565 g/mol. The summed E-state index contributed by atoms with van der Waals surface area (Å²) in [7, 11) is -9.66.